The van der Waals surface area contributed by atoms with E-state index in [1.165, 1.54) is 0 Å². The first kappa shape index (κ1) is 18.9. The molecule has 0 saturated heterocycles. The molecular formula is C24H22N2O3. The van der Waals surface area contributed by atoms with Crippen molar-refractivity contribution in [3.63, 3.8) is 0 Å². The van der Waals surface area contributed by atoms with Crippen molar-refractivity contribution in [2.45, 2.75) is 12.8 Å². The van der Waals surface area contributed by atoms with Crippen molar-refractivity contribution < 1.29 is 14.9 Å². The number of aromatic hydroxyl groups is 2. The summed E-state index contributed by atoms with van der Waals surface area (Å²) >= 11 is 0. The van der Waals surface area contributed by atoms with Gasteiger partial charge in [0, 0.05) is 23.6 Å². The lowest BCUT2D eigenvalue weighted by Gasteiger charge is -2.09. The summed E-state index contributed by atoms with van der Waals surface area (Å²) in [4.78, 5) is 9.06. The maximum absolute atomic E-state index is 10.6. The summed E-state index contributed by atoms with van der Waals surface area (Å²) in [6.07, 6.45) is 4.48. The molecule has 1 heterocycles. The van der Waals surface area contributed by atoms with Gasteiger partial charge in [0.25, 0.3) is 0 Å². The van der Waals surface area contributed by atoms with E-state index in [0.717, 1.165) is 11.1 Å². The van der Waals surface area contributed by atoms with E-state index in [2.05, 4.69) is 9.98 Å². The Morgan fingerprint density at radius 3 is 1.59 bits per heavy atom. The number of ether oxygens (including phenoxy) is 1. The van der Waals surface area contributed by atoms with Crippen molar-refractivity contribution in [3.05, 3.63) is 82.9 Å². The lowest BCUT2D eigenvalue weighted by molar-refractivity contribution is 0.139. The van der Waals surface area contributed by atoms with Crippen LogP contribution in [0.3, 0.4) is 0 Å². The van der Waals surface area contributed by atoms with Gasteiger partial charge >= 0.3 is 0 Å². The van der Waals surface area contributed by atoms with Gasteiger partial charge in [-0.2, -0.15) is 0 Å². The zero-order chi connectivity index (χ0) is 20.1. The smallest absolute Gasteiger partial charge is 0.127 e. The maximum Gasteiger partial charge on any atom is 0.127 e. The van der Waals surface area contributed by atoms with E-state index in [-0.39, 0.29) is 11.5 Å². The first-order valence-electron chi connectivity index (χ1n) is 9.59. The Labute approximate surface area is 169 Å². The molecule has 4 rings (SSSR count). The monoisotopic (exact) mass is 386 g/mol. The topological polar surface area (TPSA) is 74.4 Å². The van der Waals surface area contributed by atoms with Crippen LogP contribution in [0.25, 0.3) is 0 Å². The molecule has 0 saturated carbocycles. The molecule has 0 fully saturated rings. The minimum Gasteiger partial charge on any atom is -0.507 e. The van der Waals surface area contributed by atoms with E-state index in [9.17, 15) is 10.2 Å². The van der Waals surface area contributed by atoms with Crippen molar-refractivity contribution in [3.8, 4) is 11.5 Å². The lowest BCUT2D eigenvalue weighted by Crippen LogP contribution is -2.04. The third-order valence-corrected chi connectivity index (χ3v) is 4.90. The standard InChI is InChI=1S/C24H22N2O3/c27-23-17-5-3-7-19(23)15-25-21-9-1-2-10-22(21)26-16-20-8-4-6-18(24(20)28)12-14-29-13-11-17/h1-10,15-16,27-28H,11-14H2. The van der Waals surface area contributed by atoms with Gasteiger partial charge in [0.05, 0.1) is 24.6 Å². The number of nitrogens with zero attached hydrogens (tertiary/aromatic N) is 2. The lowest BCUT2D eigenvalue weighted by atomic mass is 10.1. The molecule has 146 valence electrons. The molecule has 3 aromatic rings. The Hall–Kier alpha value is -3.44. The highest BCUT2D eigenvalue weighted by atomic mass is 16.5. The molecule has 1 aliphatic heterocycles. The number of benzene rings is 3. The molecule has 0 aliphatic carbocycles. The van der Waals surface area contributed by atoms with E-state index < -0.39 is 0 Å². The quantitative estimate of drug-likeness (QED) is 0.587. The molecule has 0 amide bonds. The van der Waals surface area contributed by atoms with E-state index in [1.807, 2.05) is 60.7 Å². The second-order valence-electron chi connectivity index (χ2n) is 6.83. The molecular weight excluding hydrogens is 364 g/mol. The average Bonchev–Trinajstić information content (AvgIpc) is 2.74. The Bertz CT molecular complexity index is 989. The van der Waals surface area contributed by atoms with Crippen LogP contribution in [-0.4, -0.2) is 35.9 Å². The fourth-order valence-corrected chi connectivity index (χ4v) is 3.26. The molecule has 5 nitrogen and oxygen atoms in total. The summed E-state index contributed by atoms with van der Waals surface area (Å²) in [6.45, 7) is 0.970. The van der Waals surface area contributed by atoms with E-state index in [4.69, 9.17) is 4.74 Å². The van der Waals surface area contributed by atoms with Crippen LogP contribution in [0.1, 0.15) is 22.3 Å². The summed E-state index contributed by atoms with van der Waals surface area (Å²) in [7, 11) is 0. The van der Waals surface area contributed by atoms with Crippen molar-refractivity contribution in [2.24, 2.45) is 9.98 Å². The van der Waals surface area contributed by atoms with Crippen molar-refractivity contribution in [2.75, 3.05) is 13.2 Å². The summed E-state index contributed by atoms with van der Waals surface area (Å²) in [5.74, 6) is 0.434. The van der Waals surface area contributed by atoms with Gasteiger partial charge in [0.2, 0.25) is 0 Å². The highest BCUT2D eigenvalue weighted by Gasteiger charge is 2.09. The Balaban J connectivity index is 1.76. The summed E-state index contributed by atoms with van der Waals surface area (Å²) in [6, 6.07) is 18.7. The third kappa shape index (κ3) is 4.36. The first-order chi connectivity index (χ1) is 14.2. The van der Waals surface area contributed by atoms with Gasteiger partial charge in [-0.05, 0) is 48.2 Å². The van der Waals surface area contributed by atoms with Gasteiger partial charge in [0.1, 0.15) is 11.5 Å². The van der Waals surface area contributed by atoms with Crippen LogP contribution in [-0.2, 0) is 17.6 Å². The van der Waals surface area contributed by atoms with Gasteiger partial charge in [-0.25, -0.2) is 0 Å². The molecule has 1 aliphatic rings. The molecule has 0 spiro atoms. The number of hydrogen-bond acceptors (Lipinski definition) is 5. The second kappa shape index (κ2) is 8.71. The fraction of sp³-hybridized carbons (Fsp3) is 0.167. The molecule has 2 N–H and O–H groups in total. The molecule has 4 bridgehead atoms. The first-order valence-corrected chi connectivity index (χ1v) is 9.59. The van der Waals surface area contributed by atoms with Crippen LogP contribution in [0, 0.1) is 0 Å². The number of phenols is 2. The highest BCUT2D eigenvalue weighted by molar-refractivity contribution is 5.89. The van der Waals surface area contributed by atoms with Gasteiger partial charge in [0.15, 0.2) is 0 Å². The number of rotatable bonds is 0. The minimum absolute atomic E-state index is 0.217. The summed E-state index contributed by atoms with van der Waals surface area (Å²) in [5.41, 5.74) is 4.28. The number of phenolic OH excluding ortho intramolecular Hbond substituents is 2. The number of hydrogen-bond donors (Lipinski definition) is 2. The van der Waals surface area contributed by atoms with Crippen molar-refractivity contribution >= 4 is 23.8 Å². The van der Waals surface area contributed by atoms with E-state index >= 15 is 0 Å². The molecule has 0 atom stereocenters. The number of aliphatic imine (C=N–C) groups is 2. The maximum atomic E-state index is 10.6. The van der Waals surface area contributed by atoms with Crippen LogP contribution >= 0.6 is 0 Å². The normalized spacial score (nSPS) is 14.2. The molecule has 0 aromatic heterocycles. The Morgan fingerprint density at radius 2 is 1.10 bits per heavy atom. The molecule has 0 unspecified atom stereocenters. The predicted octanol–water partition coefficient (Wildman–Crippen LogP) is 4.71. The molecule has 5 heteroatoms. The van der Waals surface area contributed by atoms with Crippen LogP contribution in [0.5, 0.6) is 11.5 Å². The SMILES string of the molecule is Oc1c2cccc1CCOCCc1cccc(c1O)C=Nc1ccccc1N=C2. The molecule has 3 aromatic carbocycles. The Kier molecular flexibility index (Phi) is 5.68. The highest BCUT2D eigenvalue weighted by Crippen LogP contribution is 2.30. The largest absolute Gasteiger partial charge is 0.507 e. The zero-order valence-corrected chi connectivity index (χ0v) is 16.0. The van der Waals surface area contributed by atoms with Crippen LogP contribution < -0.4 is 0 Å². The van der Waals surface area contributed by atoms with Crippen molar-refractivity contribution in [1.29, 1.82) is 0 Å². The van der Waals surface area contributed by atoms with Gasteiger partial charge < -0.3 is 14.9 Å². The summed E-state index contributed by atoms with van der Waals surface area (Å²) < 4.78 is 5.72. The van der Waals surface area contributed by atoms with E-state index in [1.54, 1.807) is 12.4 Å². The minimum atomic E-state index is 0.217. The van der Waals surface area contributed by atoms with Gasteiger partial charge in [-0.3, -0.25) is 9.98 Å². The van der Waals surface area contributed by atoms with Crippen LogP contribution in [0.2, 0.25) is 0 Å². The summed E-state index contributed by atoms with van der Waals surface area (Å²) in [5, 5.41) is 21.2. The number of para-hydroxylation sites is 4. The second-order valence-corrected chi connectivity index (χ2v) is 6.83. The van der Waals surface area contributed by atoms with Gasteiger partial charge in [-0.1, -0.05) is 36.4 Å². The third-order valence-electron chi connectivity index (χ3n) is 4.90. The van der Waals surface area contributed by atoms with Crippen molar-refractivity contribution in [1.82, 2.24) is 0 Å². The van der Waals surface area contributed by atoms with Gasteiger partial charge in [-0.15, -0.1) is 0 Å². The fourth-order valence-electron chi connectivity index (χ4n) is 3.26. The average molecular weight is 386 g/mol. The van der Waals surface area contributed by atoms with E-state index in [0.29, 0.717) is 48.6 Å². The molecule has 29 heavy (non-hydrogen) atoms. The molecule has 0 radical (unpaired) electrons. The van der Waals surface area contributed by atoms with Crippen LogP contribution in [0.15, 0.2) is 70.6 Å². The number of fused-ring (bicyclic) bond motifs is 5. The Morgan fingerprint density at radius 1 is 0.621 bits per heavy atom. The predicted molar refractivity (Wildman–Crippen MR) is 115 cm³/mol. The zero-order valence-electron chi connectivity index (χ0n) is 16.0. The van der Waals surface area contributed by atoms with Crippen LogP contribution in [0.4, 0.5) is 11.4 Å².